The summed E-state index contributed by atoms with van der Waals surface area (Å²) in [5, 5.41) is 9.13. The fourth-order valence-electron chi connectivity index (χ4n) is 1.47. The van der Waals surface area contributed by atoms with Crippen LogP contribution in [0.4, 0.5) is 0 Å². The van der Waals surface area contributed by atoms with Crippen molar-refractivity contribution in [2.75, 3.05) is 6.61 Å². The molecule has 0 saturated carbocycles. The van der Waals surface area contributed by atoms with Crippen LogP contribution in [0.3, 0.4) is 0 Å². The van der Waals surface area contributed by atoms with Crippen molar-refractivity contribution in [2.24, 2.45) is 0 Å². The second-order valence-electron chi connectivity index (χ2n) is 3.58. The molecule has 1 rings (SSSR count). The maximum atomic E-state index is 11.6. The van der Waals surface area contributed by atoms with Gasteiger partial charge < -0.3 is 9.84 Å². The lowest BCUT2D eigenvalue weighted by atomic mass is 9.99. The quantitative estimate of drug-likeness (QED) is 0.484. The predicted octanol–water partition coefficient (Wildman–Crippen LogP) is 2.77. The van der Waals surface area contributed by atoms with Crippen molar-refractivity contribution >= 4 is 11.5 Å². The van der Waals surface area contributed by atoms with Crippen LogP contribution >= 0.6 is 0 Å². The Labute approximate surface area is 95.4 Å². The Bertz CT molecular complexity index is 419. The van der Waals surface area contributed by atoms with Gasteiger partial charge in [0.1, 0.15) is 5.57 Å². The largest absolute Gasteiger partial charge is 0.515 e. The van der Waals surface area contributed by atoms with Gasteiger partial charge in [-0.1, -0.05) is 23.8 Å². The number of hydrogen-bond donors (Lipinski definition) is 1. The second kappa shape index (κ2) is 5.35. The van der Waals surface area contributed by atoms with E-state index >= 15 is 0 Å². The molecule has 86 valence electrons. The third-order valence-electron chi connectivity index (χ3n) is 2.31. The molecule has 0 unspecified atom stereocenters. The molecular weight excluding hydrogens is 204 g/mol. The molecule has 0 radical (unpaired) electrons. The SMILES string of the molecule is CCOC(=O)C(=CO)c1cc(C)ccc1C. The molecule has 0 aliphatic rings. The Morgan fingerprint density at radius 2 is 2.12 bits per heavy atom. The van der Waals surface area contributed by atoms with E-state index < -0.39 is 5.97 Å². The smallest absolute Gasteiger partial charge is 0.341 e. The van der Waals surface area contributed by atoms with E-state index in [-0.39, 0.29) is 5.57 Å². The molecule has 0 spiro atoms. The standard InChI is InChI=1S/C13H16O3/c1-4-16-13(15)12(8-14)11-7-9(2)5-6-10(11)3/h5-8,14H,4H2,1-3H3. The van der Waals surface area contributed by atoms with Crippen molar-refractivity contribution in [3.63, 3.8) is 0 Å². The molecule has 0 bridgehead atoms. The number of benzene rings is 1. The summed E-state index contributed by atoms with van der Waals surface area (Å²) in [7, 11) is 0. The van der Waals surface area contributed by atoms with E-state index in [0.717, 1.165) is 17.4 Å². The lowest BCUT2D eigenvalue weighted by molar-refractivity contribution is -0.136. The van der Waals surface area contributed by atoms with Gasteiger partial charge in [0.2, 0.25) is 0 Å². The van der Waals surface area contributed by atoms with Crippen molar-refractivity contribution < 1.29 is 14.6 Å². The molecular formula is C13H16O3. The average molecular weight is 220 g/mol. The first kappa shape index (κ1) is 12.3. The zero-order valence-electron chi connectivity index (χ0n) is 9.78. The van der Waals surface area contributed by atoms with Gasteiger partial charge in [-0.05, 0) is 31.9 Å². The van der Waals surface area contributed by atoms with E-state index in [1.54, 1.807) is 6.92 Å². The maximum Gasteiger partial charge on any atom is 0.341 e. The number of carbonyl (C=O) groups excluding carboxylic acids is 1. The van der Waals surface area contributed by atoms with Gasteiger partial charge in [-0.25, -0.2) is 4.79 Å². The van der Waals surface area contributed by atoms with E-state index in [4.69, 9.17) is 9.84 Å². The van der Waals surface area contributed by atoms with E-state index in [1.807, 2.05) is 32.0 Å². The van der Waals surface area contributed by atoms with Gasteiger partial charge in [-0.2, -0.15) is 0 Å². The van der Waals surface area contributed by atoms with Crippen LogP contribution in [-0.2, 0) is 9.53 Å². The molecule has 1 N–H and O–H groups in total. The predicted molar refractivity (Wildman–Crippen MR) is 63.2 cm³/mol. The van der Waals surface area contributed by atoms with Crippen LogP contribution in [0.5, 0.6) is 0 Å². The summed E-state index contributed by atoms with van der Waals surface area (Å²) < 4.78 is 4.88. The topological polar surface area (TPSA) is 46.5 Å². The van der Waals surface area contributed by atoms with Crippen LogP contribution in [-0.4, -0.2) is 17.7 Å². The van der Waals surface area contributed by atoms with Crippen LogP contribution in [0.1, 0.15) is 23.6 Å². The monoisotopic (exact) mass is 220 g/mol. The normalized spacial score (nSPS) is 11.3. The van der Waals surface area contributed by atoms with E-state index in [0.29, 0.717) is 12.2 Å². The Morgan fingerprint density at radius 1 is 1.44 bits per heavy atom. The molecule has 0 amide bonds. The summed E-state index contributed by atoms with van der Waals surface area (Å²) in [6, 6.07) is 5.72. The molecule has 16 heavy (non-hydrogen) atoms. The Morgan fingerprint density at radius 3 is 2.69 bits per heavy atom. The van der Waals surface area contributed by atoms with Crippen LogP contribution in [0.25, 0.3) is 5.57 Å². The molecule has 0 saturated heterocycles. The summed E-state index contributed by atoms with van der Waals surface area (Å²) in [6.45, 7) is 5.84. The zero-order chi connectivity index (χ0) is 12.1. The summed E-state index contributed by atoms with van der Waals surface area (Å²) in [5.74, 6) is -0.501. The van der Waals surface area contributed by atoms with Crippen molar-refractivity contribution in [3.05, 3.63) is 41.2 Å². The van der Waals surface area contributed by atoms with Crippen LogP contribution in [0, 0.1) is 13.8 Å². The minimum Gasteiger partial charge on any atom is -0.515 e. The first-order chi connectivity index (χ1) is 7.60. The molecule has 0 aliphatic carbocycles. The average Bonchev–Trinajstić information content (AvgIpc) is 2.24. The second-order valence-corrected chi connectivity index (χ2v) is 3.58. The molecule has 3 nitrogen and oxygen atoms in total. The van der Waals surface area contributed by atoms with E-state index in [2.05, 4.69) is 0 Å². The molecule has 0 heterocycles. The van der Waals surface area contributed by atoms with E-state index in [1.165, 1.54) is 0 Å². The molecule has 1 aromatic rings. The molecule has 0 atom stereocenters. The van der Waals surface area contributed by atoms with Gasteiger partial charge in [-0.15, -0.1) is 0 Å². The highest BCUT2D eigenvalue weighted by Gasteiger charge is 2.15. The number of aryl methyl sites for hydroxylation is 2. The zero-order valence-corrected chi connectivity index (χ0v) is 9.78. The first-order valence-corrected chi connectivity index (χ1v) is 5.19. The number of carbonyl (C=O) groups is 1. The molecule has 0 fully saturated rings. The summed E-state index contributed by atoms with van der Waals surface area (Å²) in [5.41, 5.74) is 2.87. The number of aliphatic hydroxyl groups excluding tert-OH is 1. The molecule has 1 aromatic carbocycles. The van der Waals surface area contributed by atoms with E-state index in [9.17, 15) is 4.79 Å². The third-order valence-corrected chi connectivity index (χ3v) is 2.31. The van der Waals surface area contributed by atoms with Crippen LogP contribution < -0.4 is 0 Å². The highest BCUT2D eigenvalue weighted by Crippen LogP contribution is 2.21. The lowest BCUT2D eigenvalue weighted by Gasteiger charge is -2.09. The molecule has 0 aromatic heterocycles. The van der Waals surface area contributed by atoms with Crippen molar-refractivity contribution in [2.45, 2.75) is 20.8 Å². The van der Waals surface area contributed by atoms with Crippen LogP contribution in [0.15, 0.2) is 24.5 Å². The summed E-state index contributed by atoms with van der Waals surface area (Å²) >= 11 is 0. The van der Waals surface area contributed by atoms with Gasteiger partial charge >= 0.3 is 5.97 Å². The Balaban J connectivity index is 3.14. The van der Waals surface area contributed by atoms with Gasteiger partial charge in [-0.3, -0.25) is 0 Å². The summed E-state index contributed by atoms with van der Waals surface area (Å²) in [6.07, 6.45) is 0.805. The fourth-order valence-corrected chi connectivity index (χ4v) is 1.47. The highest BCUT2D eigenvalue weighted by atomic mass is 16.5. The minimum absolute atomic E-state index is 0.197. The Kier molecular flexibility index (Phi) is 4.11. The maximum absolute atomic E-state index is 11.6. The number of aliphatic hydroxyl groups is 1. The first-order valence-electron chi connectivity index (χ1n) is 5.19. The van der Waals surface area contributed by atoms with Crippen molar-refractivity contribution in [3.8, 4) is 0 Å². The highest BCUT2D eigenvalue weighted by molar-refractivity contribution is 6.16. The number of rotatable bonds is 3. The van der Waals surface area contributed by atoms with Gasteiger partial charge in [0.15, 0.2) is 0 Å². The van der Waals surface area contributed by atoms with Crippen LogP contribution in [0.2, 0.25) is 0 Å². The van der Waals surface area contributed by atoms with Gasteiger partial charge in [0.25, 0.3) is 0 Å². The number of esters is 1. The Hall–Kier alpha value is -1.77. The molecule has 0 aliphatic heterocycles. The van der Waals surface area contributed by atoms with Gasteiger partial charge in [0, 0.05) is 0 Å². The van der Waals surface area contributed by atoms with Crippen molar-refractivity contribution in [1.82, 2.24) is 0 Å². The van der Waals surface area contributed by atoms with Crippen molar-refractivity contribution in [1.29, 1.82) is 0 Å². The summed E-state index contributed by atoms with van der Waals surface area (Å²) in [4.78, 5) is 11.6. The van der Waals surface area contributed by atoms with Gasteiger partial charge in [0.05, 0.1) is 12.9 Å². The lowest BCUT2D eigenvalue weighted by Crippen LogP contribution is -2.08. The fraction of sp³-hybridized carbons (Fsp3) is 0.308. The molecule has 3 heteroatoms. The third kappa shape index (κ3) is 2.63. The minimum atomic E-state index is -0.501. The number of hydrogen-bond acceptors (Lipinski definition) is 3. The number of ether oxygens (including phenoxy) is 1.